The second-order valence-electron chi connectivity index (χ2n) is 13.3. The number of esters is 1. The van der Waals surface area contributed by atoms with Gasteiger partial charge in [0.15, 0.2) is 0 Å². The van der Waals surface area contributed by atoms with Crippen LogP contribution in [0.1, 0.15) is 57.1 Å². The number of fused-ring (bicyclic) bond motifs is 2. The van der Waals surface area contributed by atoms with Crippen molar-refractivity contribution in [3.8, 4) is 0 Å². The number of likely N-dealkylation sites (tertiary alicyclic amines) is 1. The second-order valence-corrected chi connectivity index (χ2v) is 13.7. The van der Waals surface area contributed by atoms with E-state index in [1.54, 1.807) is 58.2 Å². The van der Waals surface area contributed by atoms with Crippen molar-refractivity contribution in [3.05, 3.63) is 89.5 Å². The first-order chi connectivity index (χ1) is 23.7. The minimum Gasteiger partial charge on any atom is -0.455 e. The van der Waals surface area contributed by atoms with E-state index in [0.717, 1.165) is 18.4 Å². The molecule has 11 heteroatoms. The second kappa shape index (κ2) is 14.9. The summed E-state index contributed by atoms with van der Waals surface area (Å²) in [5.74, 6) is -3.41. The molecule has 4 heterocycles. The number of halogens is 1. The molecule has 0 radical (unpaired) electrons. The van der Waals surface area contributed by atoms with E-state index in [9.17, 15) is 24.3 Å². The largest absolute Gasteiger partial charge is 0.455 e. The molecule has 2 aromatic rings. The van der Waals surface area contributed by atoms with E-state index < -0.39 is 47.7 Å². The highest BCUT2D eigenvalue weighted by molar-refractivity contribution is 6.34. The monoisotopic (exact) mass is 689 g/mol. The third-order valence-corrected chi connectivity index (χ3v) is 10.7. The lowest BCUT2D eigenvalue weighted by molar-refractivity contribution is -0.164. The molecule has 0 saturated carbocycles. The lowest BCUT2D eigenvalue weighted by Crippen LogP contribution is -2.56. The van der Waals surface area contributed by atoms with Crippen molar-refractivity contribution < 1.29 is 33.8 Å². The summed E-state index contributed by atoms with van der Waals surface area (Å²) in [4.78, 5) is 61.9. The standard InChI is InChI=1S/C38H44ClN3O7/c1-25-33(26-15-7-5-8-16-26)48-37(47)31-29-20-21-38(49-29)32(31)35(45)42(23-12-3-4-14-24-43)34(38)36(46)41(28-18-11-10-17-27(28)39)22-13-6-9-19-30(44)40(25)2/h5-8,10-11,13,15-18,20-21,25,29,31-34,43H,3-4,9,12,14,19,22-24H2,1-2H3/b13-6-/t25-,29+,31-,32-,33+,34+,38-/m0/s1. The highest BCUT2D eigenvalue weighted by Crippen LogP contribution is 2.56. The van der Waals surface area contributed by atoms with E-state index in [1.165, 1.54) is 0 Å². The molecular formula is C38H44ClN3O7. The topological polar surface area (TPSA) is 117 Å². The highest BCUT2D eigenvalue weighted by Gasteiger charge is 2.73. The number of likely N-dealkylation sites (N-methyl/N-ethyl adjacent to an activating group) is 1. The normalized spacial score (nSPS) is 31.0. The quantitative estimate of drug-likeness (QED) is 0.239. The number of benzene rings is 2. The third-order valence-electron chi connectivity index (χ3n) is 10.4. The van der Waals surface area contributed by atoms with Gasteiger partial charge in [0.1, 0.15) is 23.7 Å². The Hall–Kier alpha value is -3.99. The number of unbranched alkanes of at least 4 members (excludes halogenated alkanes) is 3. The average molecular weight is 690 g/mol. The molecule has 4 aliphatic heterocycles. The molecule has 4 aliphatic rings. The summed E-state index contributed by atoms with van der Waals surface area (Å²) in [5.41, 5.74) is -0.179. The third kappa shape index (κ3) is 6.54. The van der Waals surface area contributed by atoms with Crippen LogP contribution in [0.15, 0.2) is 78.9 Å². The molecule has 2 saturated heterocycles. The fourth-order valence-electron chi connectivity index (χ4n) is 7.73. The molecule has 49 heavy (non-hydrogen) atoms. The van der Waals surface area contributed by atoms with Crippen LogP contribution in [-0.2, 0) is 28.7 Å². The van der Waals surface area contributed by atoms with Crippen molar-refractivity contribution in [2.24, 2.45) is 11.8 Å². The van der Waals surface area contributed by atoms with E-state index in [4.69, 9.17) is 21.1 Å². The SMILES string of the molecule is C[C@H]1[C@H](c2ccccc2)OC(=O)[C@@H]2[C@H]3C(=O)N(CCCCCCO)[C@H](C(=O)N(c4ccccc4Cl)C/C=C\CCC(=O)N1C)[C@]31C=C[C@H]2O1. The van der Waals surface area contributed by atoms with Crippen LogP contribution in [0.5, 0.6) is 0 Å². The number of cyclic esters (lactones) is 1. The molecule has 6 rings (SSSR count). The van der Waals surface area contributed by atoms with Crippen LogP contribution in [0.3, 0.4) is 0 Å². The van der Waals surface area contributed by atoms with Crippen LogP contribution in [0, 0.1) is 11.8 Å². The number of carbonyl (C=O) groups excluding carboxylic acids is 4. The molecular weight excluding hydrogens is 646 g/mol. The fourth-order valence-corrected chi connectivity index (χ4v) is 7.97. The zero-order valence-corrected chi connectivity index (χ0v) is 28.7. The van der Waals surface area contributed by atoms with Gasteiger partial charge in [-0.2, -0.15) is 0 Å². The van der Waals surface area contributed by atoms with Crippen LogP contribution >= 0.6 is 11.6 Å². The predicted octanol–water partition coefficient (Wildman–Crippen LogP) is 4.86. The number of allylic oxidation sites excluding steroid dienone is 1. The van der Waals surface area contributed by atoms with Gasteiger partial charge in [-0.15, -0.1) is 0 Å². The molecule has 7 atom stereocenters. The number of rotatable bonds is 8. The maximum absolute atomic E-state index is 14.9. The number of ether oxygens (including phenoxy) is 2. The Labute approximate surface area is 292 Å². The molecule has 3 amide bonds. The number of amides is 3. The maximum Gasteiger partial charge on any atom is 0.313 e. The Morgan fingerprint density at radius 2 is 1.67 bits per heavy atom. The minimum absolute atomic E-state index is 0.0889. The van der Waals surface area contributed by atoms with Gasteiger partial charge in [-0.3, -0.25) is 19.2 Å². The number of aliphatic hydroxyl groups excluding tert-OH is 1. The summed E-state index contributed by atoms with van der Waals surface area (Å²) in [6, 6.07) is 14.8. The summed E-state index contributed by atoms with van der Waals surface area (Å²) in [7, 11) is 1.70. The molecule has 260 valence electrons. The summed E-state index contributed by atoms with van der Waals surface area (Å²) in [5, 5.41) is 9.64. The zero-order valence-electron chi connectivity index (χ0n) is 27.9. The van der Waals surface area contributed by atoms with Crippen molar-refractivity contribution >= 4 is 41.0 Å². The van der Waals surface area contributed by atoms with Crippen molar-refractivity contribution in [1.29, 1.82) is 0 Å². The highest BCUT2D eigenvalue weighted by atomic mass is 35.5. The van der Waals surface area contributed by atoms with Crippen LogP contribution in [0.2, 0.25) is 5.02 Å². The van der Waals surface area contributed by atoms with Gasteiger partial charge in [0, 0.05) is 33.2 Å². The Morgan fingerprint density at radius 3 is 2.43 bits per heavy atom. The summed E-state index contributed by atoms with van der Waals surface area (Å²) < 4.78 is 12.9. The Morgan fingerprint density at radius 1 is 0.939 bits per heavy atom. The van der Waals surface area contributed by atoms with Gasteiger partial charge in [0.05, 0.1) is 28.8 Å². The number of nitrogens with zero attached hydrogens (tertiary/aromatic N) is 3. The molecule has 5 bridgehead atoms. The molecule has 10 nitrogen and oxygen atoms in total. The number of hydrogen-bond acceptors (Lipinski definition) is 7. The lowest BCUT2D eigenvalue weighted by Gasteiger charge is -2.36. The minimum atomic E-state index is -1.38. The summed E-state index contributed by atoms with van der Waals surface area (Å²) >= 11 is 6.66. The Bertz CT molecular complexity index is 1620. The first-order valence-corrected chi connectivity index (χ1v) is 17.6. The van der Waals surface area contributed by atoms with E-state index >= 15 is 0 Å². The van der Waals surface area contributed by atoms with E-state index in [-0.39, 0.29) is 43.8 Å². The smallest absolute Gasteiger partial charge is 0.313 e. The number of carbonyl (C=O) groups is 4. The Balaban J connectivity index is 1.43. The number of anilines is 1. The van der Waals surface area contributed by atoms with Gasteiger partial charge >= 0.3 is 5.97 Å². The fraction of sp³-hybridized carbons (Fsp3) is 0.474. The predicted molar refractivity (Wildman–Crippen MR) is 184 cm³/mol. The van der Waals surface area contributed by atoms with Crippen LogP contribution in [0.4, 0.5) is 5.69 Å². The lowest BCUT2D eigenvalue weighted by atomic mass is 9.74. The average Bonchev–Trinajstić information content (AvgIpc) is 3.75. The summed E-state index contributed by atoms with van der Waals surface area (Å²) in [6.45, 7) is 2.37. The van der Waals surface area contributed by atoms with E-state index in [1.807, 2.05) is 49.4 Å². The van der Waals surface area contributed by atoms with Gasteiger partial charge in [-0.1, -0.05) is 91.2 Å². The molecule has 2 aromatic carbocycles. The zero-order chi connectivity index (χ0) is 34.7. The summed E-state index contributed by atoms with van der Waals surface area (Å²) in [6.07, 6.45) is 9.16. The molecule has 0 aromatic heterocycles. The molecule has 0 unspecified atom stereocenters. The van der Waals surface area contributed by atoms with E-state index in [2.05, 4.69) is 0 Å². The number of hydrogen-bond donors (Lipinski definition) is 1. The van der Waals surface area contributed by atoms with Gasteiger partial charge < -0.3 is 29.3 Å². The van der Waals surface area contributed by atoms with Crippen LogP contribution in [-0.4, -0.2) is 89.1 Å². The van der Waals surface area contributed by atoms with Gasteiger partial charge in [-0.05, 0) is 43.9 Å². The van der Waals surface area contributed by atoms with Gasteiger partial charge in [0.2, 0.25) is 11.8 Å². The van der Waals surface area contributed by atoms with Crippen LogP contribution in [0.25, 0.3) is 0 Å². The Kier molecular flexibility index (Phi) is 10.6. The molecule has 1 N–H and O–H groups in total. The first kappa shape index (κ1) is 34.9. The van der Waals surface area contributed by atoms with Crippen molar-refractivity contribution in [1.82, 2.24) is 9.80 Å². The number of aliphatic hydroxyl groups is 1. The molecule has 2 fully saturated rings. The van der Waals surface area contributed by atoms with Gasteiger partial charge in [-0.25, -0.2) is 0 Å². The van der Waals surface area contributed by atoms with Gasteiger partial charge in [0.25, 0.3) is 5.91 Å². The van der Waals surface area contributed by atoms with Crippen LogP contribution < -0.4 is 4.90 Å². The first-order valence-electron chi connectivity index (χ1n) is 17.2. The maximum atomic E-state index is 14.9. The van der Waals surface area contributed by atoms with Crippen molar-refractivity contribution in [2.45, 2.75) is 75.3 Å². The molecule has 1 spiro atoms. The van der Waals surface area contributed by atoms with E-state index in [0.29, 0.717) is 30.0 Å². The molecule has 0 aliphatic carbocycles. The van der Waals surface area contributed by atoms with Crippen molar-refractivity contribution in [2.75, 3.05) is 31.6 Å². The number of para-hydroxylation sites is 1. The van der Waals surface area contributed by atoms with Crippen molar-refractivity contribution in [3.63, 3.8) is 0 Å².